The first kappa shape index (κ1) is 14.0. The summed E-state index contributed by atoms with van der Waals surface area (Å²) in [4.78, 5) is 13.8. The van der Waals surface area contributed by atoms with E-state index in [0.717, 1.165) is 55.3 Å². The van der Waals surface area contributed by atoms with E-state index >= 15 is 0 Å². The molecule has 1 aromatic carbocycles. The van der Waals surface area contributed by atoms with Gasteiger partial charge >= 0.3 is 0 Å². The van der Waals surface area contributed by atoms with Crippen LogP contribution in [0.25, 0.3) is 0 Å². The second kappa shape index (κ2) is 6.24. The van der Waals surface area contributed by atoms with Crippen molar-refractivity contribution in [2.24, 2.45) is 0 Å². The number of piperidine rings is 1. The summed E-state index contributed by atoms with van der Waals surface area (Å²) in [5, 5.41) is 6.79. The molecule has 0 amide bonds. The minimum atomic E-state index is -0.208. The lowest BCUT2D eigenvalue weighted by Crippen LogP contribution is -2.51. The number of nitrogens with one attached hydrogen (secondary N) is 2. The molecule has 2 aliphatic rings. The molecular formula is C15H20BrN3O. The SMILES string of the molecule is O=CC1Nc2ccc(Br)cc2CCN1C1CCNCC1. The van der Waals surface area contributed by atoms with Crippen LogP contribution < -0.4 is 10.6 Å². The van der Waals surface area contributed by atoms with E-state index in [1.807, 2.05) is 6.07 Å². The van der Waals surface area contributed by atoms with Crippen molar-refractivity contribution in [3.63, 3.8) is 0 Å². The number of rotatable bonds is 2. The zero-order valence-corrected chi connectivity index (χ0v) is 13.0. The molecule has 1 fully saturated rings. The molecule has 0 radical (unpaired) electrons. The highest BCUT2D eigenvalue weighted by atomic mass is 79.9. The van der Waals surface area contributed by atoms with E-state index in [4.69, 9.17) is 0 Å². The third kappa shape index (κ3) is 2.90. The number of nitrogens with zero attached hydrogens (tertiary/aromatic N) is 1. The predicted molar refractivity (Wildman–Crippen MR) is 83.9 cm³/mol. The Hall–Kier alpha value is -0.910. The smallest absolute Gasteiger partial charge is 0.157 e. The van der Waals surface area contributed by atoms with Crippen molar-refractivity contribution in [2.75, 3.05) is 25.0 Å². The Bertz CT molecular complexity index is 488. The largest absolute Gasteiger partial charge is 0.363 e. The summed E-state index contributed by atoms with van der Waals surface area (Å²) in [6.45, 7) is 3.03. The van der Waals surface area contributed by atoms with Crippen molar-refractivity contribution in [3.05, 3.63) is 28.2 Å². The molecular weight excluding hydrogens is 318 g/mol. The van der Waals surface area contributed by atoms with Gasteiger partial charge < -0.3 is 10.6 Å². The fourth-order valence-corrected chi connectivity index (χ4v) is 3.61. The average molecular weight is 338 g/mol. The molecule has 0 saturated carbocycles. The van der Waals surface area contributed by atoms with Crippen LogP contribution in [0.1, 0.15) is 18.4 Å². The Morgan fingerprint density at radius 1 is 1.30 bits per heavy atom. The highest BCUT2D eigenvalue weighted by molar-refractivity contribution is 9.10. The zero-order chi connectivity index (χ0) is 13.9. The first-order valence-corrected chi connectivity index (χ1v) is 8.04. The van der Waals surface area contributed by atoms with E-state index in [-0.39, 0.29) is 6.17 Å². The van der Waals surface area contributed by atoms with E-state index < -0.39 is 0 Å². The Balaban J connectivity index is 1.82. The minimum absolute atomic E-state index is 0.208. The molecule has 3 rings (SSSR count). The second-order valence-electron chi connectivity index (χ2n) is 5.50. The number of carbonyl (C=O) groups excluding carboxylic acids is 1. The summed E-state index contributed by atoms with van der Waals surface area (Å²) in [6, 6.07) is 6.72. The van der Waals surface area contributed by atoms with Gasteiger partial charge in [0.1, 0.15) is 6.17 Å². The molecule has 2 heterocycles. The first-order valence-electron chi connectivity index (χ1n) is 7.24. The molecule has 1 atom stereocenters. The Kier molecular flexibility index (Phi) is 4.38. The fourth-order valence-electron chi connectivity index (χ4n) is 3.20. The standard InChI is InChI=1S/C15H20BrN3O/c16-12-1-2-14-11(9-12)5-8-19(15(10-20)18-14)13-3-6-17-7-4-13/h1-2,9-10,13,15,17-18H,3-8H2. The Labute approximate surface area is 128 Å². The monoisotopic (exact) mass is 337 g/mol. The Morgan fingerprint density at radius 3 is 2.85 bits per heavy atom. The highest BCUT2D eigenvalue weighted by Crippen LogP contribution is 2.27. The van der Waals surface area contributed by atoms with Crippen LogP contribution in [0.3, 0.4) is 0 Å². The normalized spacial score (nSPS) is 24.6. The van der Waals surface area contributed by atoms with Crippen molar-refractivity contribution < 1.29 is 4.79 Å². The molecule has 2 N–H and O–H groups in total. The van der Waals surface area contributed by atoms with Gasteiger partial charge in [-0.05, 0) is 56.1 Å². The van der Waals surface area contributed by atoms with Gasteiger partial charge in [-0.1, -0.05) is 15.9 Å². The maximum Gasteiger partial charge on any atom is 0.157 e. The predicted octanol–water partition coefficient (Wildman–Crippen LogP) is 2.00. The topological polar surface area (TPSA) is 44.4 Å². The van der Waals surface area contributed by atoms with Crippen LogP contribution in [0.5, 0.6) is 0 Å². The molecule has 1 aromatic rings. The van der Waals surface area contributed by atoms with E-state index in [2.05, 4.69) is 43.6 Å². The lowest BCUT2D eigenvalue weighted by atomic mass is 10.0. The van der Waals surface area contributed by atoms with Crippen LogP contribution in [0, 0.1) is 0 Å². The van der Waals surface area contributed by atoms with Crippen LogP contribution in [-0.2, 0) is 11.2 Å². The Morgan fingerprint density at radius 2 is 2.10 bits per heavy atom. The summed E-state index contributed by atoms with van der Waals surface area (Å²) >= 11 is 3.52. The molecule has 4 nitrogen and oxygen atoms in total. The van der Waals surface area contributed by atoms with Gasteiger partial charge in [-0.3, -0.25) is 9.69 Å². The number of halogens is 1. The lowest BCUT2D eigenvalue weighted by Gasteiger charge is -2.37. The van der Waals surface area contributed by atoms with Crippen LogP contribution >= 0.6 is 15.9 Å². The summed E-state index contributed by atoms with van der Waals surface area (Å²) in [6.07, 6.45) is 4.05. The summed E-state index contributed by atoms with van der Waals surface area (Å²) in [7, 11) is 0. The van der Waals surface area contributed by atoms with Crippen molar-refractivity contribution in [1.29, 1.82) is 0 Å². The van der Waals surface area contributed by atoms with Gasteiger partial charge in [0.25, 0.3) is 0 Å². The van der Waals surface area contributed by atoms with E-state index in [9.17, 15) is 4.79 Å². The maximum atomic E-state index is 11.5. The number of aldehydes is 1. The van der Waals surface area contributed by atoms with Crippen LogP contribution in [0.2, 0.25) is 0 Å². The maximum absolute atomic E-state index is 11.5. The van der Waals surface area contributed by atoms with Crippen LogP contribution in [0.15, 0.2) is 22.7 Å². The van der Waals surface area contributed by atoms with E-state index in [0.29, 0.717) is 6.04 Å². The first-order chi connectivity index (χ1) is 9.78. The summed E-state index contributed by atoms with van der Waals surface area (Å²) in [5.74, 6) is 0. The van der Waals surface area contributed by atoms with Gasteiger partial charge in [-0.2, -0.15) is 0 Å². The molecule has 0 spiro atoms. The van der Waals surface area contributed by atoms with Crippen molar-refractivity contribution >= 4 is 27.9 Å². The van der Waals surface area contributed by atoms with Gasteiger partial charge in [0.2, 0.25) is 0 Å². The number of carbonyl (C=O) groups is 1. The second-order valence-corrected chi connectivity index (χ2v) is 6.41. The molecule has 5 heteroatoms. The number of benzene rings is 1. The number of hydrogen-bond acceptors (Lipinski definition) is 4. The van der Waals surface area contributed by atoms with Gasteiger partial charge in [-0.15, -0.1) is 0 Å². The molecule has 2 aliphatic heterocycles. The zero-order valence-electron chi connectivity index (χ0n) is 11.4. The van der Waals surface area contributed by atoms with Gasteiger partial charge in [-0.25, -0.2) is 0 Å². The third-order valence-electron chi connectivity index (χ3n) is 4.27. The third-order valence-corrected chi connectivity index (χ3v) is 4.77. The van der Waals surface area contributed by atoms with Crippen LogP contribution in [0.4, 0.5) is 5.69 Å². The molecule has 0 bridgehead atoms. The molecule has 1 saturated heterocycles. The summed E-state index contributed by atoms with van der Waals surface area (Å²) < 4.78 is 1.09. The molecule has 1 unspecified atom stereocenters. The average Bonchev–Trinajstić information content (AvgIpc) is 2.67. The molecule has 20 heavy (non-hydrogen) atoms. The molecule has 108 valence electrons. The van der Waals surface area contributed by atoms with Gasteiger partial charge in [0.15, 0.2) is 6.29 Å². The number of anilines is 1. The highest BCUT2D eigenvalue weighted by Gasteiger charge is 2.29. The quantitative estimate of drug-likeness (QED) is 0.810. The number of fused-ring (bicyclic) bond motifs is 1. The van der Waals surface area contributed by atoms with Crippen molar-refractivity contribution in [2.45, 2.75) is 31.5 Å². The minimum Gasteiger partial charge on any atom is -0.363 e. The van der Waals surface area contributed by atoms with Gasteiger partial charge in [0.05, 0.1) is 0 Å². The number of hydrogen-bond donors (Lipinski definition) is 2. The van der Waals surface area contributed by atoms with Crippen molar-refractivity contribution in [3.8, 4) is 0 Å². The van der Waals surface area contributed by atoms with Crippen molar-refractivity contribution in [1.82, 2.24) is 10.2 Å². The lowest BCUT2D eigenvalue weighted by molar-refractivity contribution is -0.112. The molecule has 0 aromatic heterocycles. The van der Waals surface area contributed by atoms with Gasteiger partial charge in [0, 0.05) is 22.7 Å². The van der Waals surface area contributed by atoms with E-state index in [1.165, 1.54) is 5.56 Å². The molecule has 0 aliphatic carbocycles. The fraction of sp³-hybridized carbons (Fsp3) is 0.533. The van der Waals surface area contributed by atoms with E-state index in [1.54, 1.807) is 0 Å². The van der Waals surface area contributed by atoms with Crippen LogP contribution in [-0.4, -0.2) is 43.0 Å². The summed E-state index contributed by atoms with van der Waals surface area (Å²) in [5.41, 5.74) is 2.37.